The van der Waals surface area contributed by atoms with Crippen molar-refractivity contribution in [3.63, 3.8) is 0 Å². The molecule has 6 rings (SSSR count). The molecule has 5 fully saturated rings. The van der Waals surface area contributed by atoms with Gasteiger partial charge in [0.15, 0.2) is 0 Å². The first-order valence-corrected chi connectivity index (χ1v) is 12.3. The molecule has 1 saturated heterocycles. The number of hydrogen-bond donors (Lipinski definition) is 2. The molecule has 0 unspecified atom stereocenters. The Kier molecular flexibility index (Phi) is 5.81. The van der Waals surface area contributed by atoms with Gasteiger partial charge in [0.25, 0.3) is 0 Å². The van der Waals surface area contributed by atoms with E-state index < -0.39 is 11.7 Å². The first kappa shape index (κ1) is 22.5. The minimum absolute atomic E-state index is 0.0355. The lowest BCUT2D eigenvalue weighted by atomic mass is 9.49. The predicted molar refractivity (Wildman–Crippen MR) is 120 cm³/mol. The van der Waals surface area contributed by atoms with Gasteiger partial charge >= 0.3 is 6.18 Å². The average Bonchev–Trinajstić information content (AvgIpc) is 3.26. The van der Waals surface area contributed by atoms with Gasteiger partial charge in [-0.3, -0.25) is 9.59 Å². The second-order valence-electron chi connectivity index (χ2n) is 10.7. The van der Waals surface area contributed by atoms with E-state index in [-0.39, 0.29) is 35.9 Å². The number of nitrogens with zero attached hydrogens (tertiary/aromatic N) is 1. The number of carbonyl (C=O) groups is 2. The minimum atomic E-state index is -4.48. The summed E-state index contributed by atoms with van der Waals surface area (Å²) in [6, 6.07) is 3.52. The van der Waals surface area contributed by atoms with Crippen LogP contribution in [0.4, 0.5) is 24.5 Å². The minimum Gasteiger partial charge on any atom is -0.370 e. The highest BCUT2D eigenvalue weighted by atomic mass is 19.4. The third kappa shape index (κ3) is 4.58. The Hall–Kier alpha value is -2.25. The molecule has 8 heteroatoms. The normalized spacial score (nSPS) is 30.5. The zero-order valence-corrected chi connectivity index (χ0v) is 18.8. The number of halogens is 3. The second-order valence-corrected chi connectivity index (χ2v) is 10.7. The van der Waals surface area contributed by atoms with Crippen molar-refractivity contribution in [3.05, 3.63) is 23.8 Å². The maximum absolute atomic E-state index is 13.2. The summed E-state index contributed by atoms with van der Waals surface area (Å²) in [6.07, 6.45) is 4.15. The summed E-state index contributed by atoms with van der Waals surface area (Å²) in [5.41, 5.74) is -0.249. The first-order chi connectivity index (χ1) is 15.7. The highest BCUT2D eigenvalue weighted by Crippen LogP contribution is 2.60. The van der Waals surface area contributed by atoms with Gasteiger partial charge in [-0.25, -0.2) is 0 Å². The zero-order valence-electron chi connectivity index (χ0n) is 18.8. The molecule has 4 bridgehead atoms. The van der Waals surface area contributed by atoms with Gasteiger partial charge in [0.05, 0.1) is 16.9 Å². The molecule has 4 saturated carbocycles. The number of hydrogen-bond acceptors (Lipinski definition) is 3. The molecule has 180 valence electrons. The van der Waals surface area contributed by atoms with E-state index >= 15 is 0 Å². The fraction of sp³-hybridized carbons (Fsp3) is 0.680. The van der Waals surface area contributed by atoms with E-state index in [2.05, 4.69) is 10.6 Å². The van der Waals surface area contributed by atoms with Crippen molar-refractivity contribution in [3.8, 4) is 0 Å². The van der Waals surface area contributed by atoms with E-state index in [1.165, 1.54) is 25.3 Å². The summed E-state index contributed by atoms with van der Waals surface area (Å²) in [7, 11) is 0. The summed E-state index contributed by atoms with van der Waals surface area (Å²) in [4.78, 5) is 27.7. The molecule has 1 aromatic carbocycles. The maximum atomic E-state index is 13.2. The Labute approximate surface area is 192 Å². The second kappa shape index (κ2) is 8.51. The zero-order chi connectivity index (χ0) is 23.2. The smallest absolute Gasteiger partial charge is 0.370 e. The van der Waals surface area contributed by atoms with Crippen molar-refractivity contribution in [1.82, 2.24) is 5.32 Å². The topological polar surface area (TPSA) is 61.4 Å². The van der Waals surface area contributed by atoms with Crippen LogP contribution in [0.3, 0.4) is 0 Å². The molecule has 0 aromatic heterocycles. The van der Waals surface area contributed by atoms with Crippen molar-refractivity contribution in [2.45, 2.75) is 64.0 Å². The lowest BCUT2D eigenvalue weighted by Gasteiger charge is -2.55. The van der Waals surface area contributed by atoms with E-state index in [9.17, 15) is 22.8 Å². The summed E-state index contributed by atoms with van der Waals surface area (Å²) in [5, 5.41) is 5.65. The number of rotatable bonds is 6. The summed E-state index contributed by atoms with van der Waals surface area (Å²) in [5.74, 6) is 1.66. The SMILES string of the molecule is O=C(CCNC(=O)C12CC3CC(CC(C3)C1)C2)Nc1cc(C(F)(F)F)ccc1N1CCCC1. The Morgan fingerprint density at radius 3 is 2.18 bits per heavy atom. The Balaban J connectivity index is 1.20. The standard InChI is InChI=1S/C25H32F3N3O2/c26-25(27,28)19-3-4-21(31-7-1-2-8-31)20(12-19)30-22(32)5-6-29-23(33)24-13-16-9-17(14-24)11-18(10-16)15-24/h3-4,12,16-18H,1-2,5-11,13-15H2,(H,29,33)(H,30,32). The molecule has 2 N–H and O–H groups in total. The molecule has 0 radical (unpaired) electrons. The van der Waals surface area contributed by atoms with Crippen LogP contribution in [0.1, 0.15) is 63.4 Å². The van der Waals surface area contributed by atoms with Crippen LogP contribution in [0.25, 0.3) is 0 Å². The Morgan fingerprint density at radius 1 is 1.00 bits per heavy atom. The Morgan fingerprint density at radius 2 is 1.61 bits per heavy atom. The van der Waals surface area contributed by atoms with Gasteiger partial charge in [-0.1, -0.05) is 0 Å². The molecule has 33 heavy (non-hydrogen) atoms. The maximum Gasteiger partial charge on any atom is 0.416 e. The lowest BCUT2D eigenvalue weighted by molar-refractivity contribution is -0.146. The Bertz CT molecular complexity index is 889. The van der Waals surface area contributed by atoms with E-state index in [4.69, 9.17) is 0 Å². The van der Waals surface area contributed by atoms with Crippen molar-refractivity contribution in [1.29, 1.82) is 0 Å². The van der Waals surface area contributed by atoms with Gasteiger partial charge < -0.3 is 15.5 Å². The molecule has 4 aliphatic carbocycles. The molecule has 0 spiro atoms. The van der Waals surface area contributed by atoms with Crippen LogP contribution in [-0.2, 0) is 15.8 Å². The van der Waals surface area contributed by atoms with E-state index in [1.54, 1.807) is 0 Å². The van der Waals surface area contributed by atoms with Gasteiger partial charge in [0, 0.05) is 31.5 Å². The number of anilines is 2. The van der Waals surface area contributed by atoms with Crippen LogP contribution in [0.15, 0.2) is 18.2 Å². The summed E-state index contributed by atoms with van der Waals surface area (Å²) in [6.45, 7) is 1.72. The van der Waals surface area contributed by atoms with Crippen molar-refractivity contribution < 1.29 is 22.8 Å². The largest absolute Gasteiger partial charge is 0.416 e. The number of carbonyl (C=O) groups excluding carboxylic acids is 2. The quantitative estimate of drug-likeness (QED) is 0.627. The molecule has 5 aliphatic rings. The van der Waals surface area contributed by atoms with Gasteiger partial charge in [0.2, 0.25) is 11.8 Å². The molecule has 0 atom stereocenters. The third-order valence-electron chi connectivity index (χ3n) is 8.20. The summed E-state index contributed by atoms with van der Waals surface area (Å²) >= 11 is 0. The molecular weight excluding hydrogens is 431 g/mol. The number of alkyl halides is 3. The van der Waals surface area contributed by atoms with Crippen LogP contribution < -0.4 is 15.5 Å². The molecule has 2 amide bonds. The molecular formula is C25H32F3N3O2. The number of benzene rings is 1. The van der Waals surface area contributed by atoms with Crippen LogP contribution >= 0.6 is 0 Å². The molecule has 1 aliphatic heterocycles. The highest BCUT2D eigenvalue weighted by Gasteiger charge is 2.54. The van der Waals surface area contributed by atoms with Crippen LogP contribution in [0.2, 0.25) is 0 Å². The molecule has 1 aromatic rings. The monoisotopic (exact) mass is 463 g/mol. The van der Waals surface area contributed by atoms with Crippen molar-refractivity contribution >= 4 is 23.2 Å². The van der Waals surface area contributed by atoms with E-state index in [0.717, 1.165) is 57.3 Å². The number of amides is 2. The fourth-order valence-corrected chi connectivity index (χ4v) is 7.12. The van der Waals surface area contributed by atoms with Crippen molar-refractivity contribution in [2.24, 2.45) is 23.2 Å². The van der Waals surface area contributed by atoms with Gasteiger partial charge in [-0.05, 0) is 87.3 Å². The predicted octanol–water partition coefficient (Wildman–Crippen LogP) is 4.97. The van der Waals surface area contributed by atoms with Crippen molar-refractivity contribution in [2.75, 3.05) is 29.9 Å². The average molecular weight is 464 g/mol. The highest BCUT2D eigenvalue weighted by molar-refractivity contribution is 5.95. The third-order valence-corrected chi connectivity index (χ3v) is 8.20. The van der Waals surface area contributed by atoms with Gasteiger partial charge in [-0.15, -0.1) is 0 Å². The molecule has 5 nitrogen and oxygen atoms in total. The molecule has 1 heterocycles. The fourth-order valence-electron chi connectivity index (χ4n) is 7.12. The lowest BCUT2D eigenvalue weighted by Crippen LogP contribution is -2.53. The summed E-state index contributed by atoms with van der Waals surface area (Å²) < 4.78 is 39.7. The van der Waals surface area contributed by atoms with E-state index in [0.29, 0.717) is 23.4 Å². The number of nitrogens with one attached hydrogen (secondary N) is 2. The van der Waals surface area contributed by atoms with E-state index in [1.807, 2.05) is 4.90 Å². The van der Waals surface area contributed by atoms with Crippen LogP contribution in [0.5, 0.6) is 0 Å². The van der Waals surface area contributed by atoms with Crippen LogP contribution in [-0.4, -0.2) is 31.4 Å². The van der Waals surface area contributed by atoms with Gasteiger partial charge in [0.1, 0.15) is 0 Å². The van der Waals surface area contributed by atoms with Gasteiger partial charge in [-0.2, -0.15) is 13.2 Å². The first-order valence-electron chi connectivity index (χ1n) is 12.3. The van der Waals surface area contributed by atoms with Crippen LogP contribution in [0, 0.1) is 23.2 Å².